The average Bonchev–Trinajstić information content (AvgIpc) is 2.38. The van der Waals surface area contributed by atoms with Crippen LogP contribution >= 0.6 is 0 Å². The third-order valence-corrected chi connectivity index (χ3v) is 3.45. The molecule has 2 heteroatoms. The zero-order valence-corrected chi connectivity index (χ0v) is 11.8. The van der Waals surface area contributed by atoms with Crippen LogP contribution in [0.15, 0.2) is 18.2 Å². The Balaban J connectivity index is 2.70. The van der Waals surface area contributed by atoms with Gasteiger partial charge < -0.3 is 5.32 Å². The minimum atomic E-state index is 0.983. The number of anilines is 1. The van der Waals surface area contributed by atoms with Crippen LogP contribution in [0.1, 0.15) is 37.1 Å². The fourth-order valence-electron chi connectivity index (χ4n) is 2.40. The molecule has 0 amide bonds. The van der Waals surface area contributed by atoms with Crippen molar-refractivity contribution in [3.05, 3.63) is 35.0 Å². The van der Waals surface area contributed by atoms with Crippen molar-refractivity contribution in [2.24, 2.45) is 0 Å². The second kappa shape index (κ2) is 5.38. The zero-order valence-electron chi connectivity index (χ0n) is 11.8. The summed E-state index contributed by atoms with van der Waals surface area (Å²) in [6.07, 6.45) is 2.12. The van der Waals surface area contributed by atoms with Gasteiger partial charge >= 0.3 is 0 Å². The van der Waals surface area contributed by atoms with E-state index in [0.29, 0.717) is 0 Å². The predicted molar refractivity (Wildman–Crippen MR) is 79.4 cm³/mol. The topological polar surface area (TPSA) is 24.9 Å². The lowest BCUT2D eigenvalue weighted by Gasteiger charge is -2.16. The van der Waals surface area contributed by atoms with Crippen molar-refractivity contribution in [2.45, 2.75) is 40.5 Å². The summed E-state index contributed by atoms with van der Waals surface area (Å²) in [6.45, 7) is 9.68. The lowest BCUT2D eigenvalue weighted by atomic mass is 10.0. The molecule has 0 aliphatic heterocycles. The Hall–Kier alpha value is -1.57. The molecule has 0 atom stereocenters. The Kier molecular flexibility index (Phi) is 3.85. The van der Waals surface area contributed by atoms with E-state index in [0.717, 1.165) is 24.9 Å². The van der Waals surface area contributed by atoms with Crippen LogP contribution in [0.25, 0.3) is 10.9 Å². The lowest BCUT2D eigenvalue weighted by molar-refractivity contribution is 0.970. The highest BCUT2D eigenvalue weighted by atomic mass is 14.9. The van der Waals surface area contributed by atoms with Gasteiger partial charge in [0.05, 0.1) is 5.52 Å². The number of fused-ring (bicyclic) bond motifs is 1. The van der Waals surface area contributed by atoms with E-state index in [-0.39, 0.29) is 0 Å². The summed E-state index contributed by atoms with van der Waals surface area (Å²) in [5.74, 6) is 0. The molecule has 0 radical (unpaired) electrons. The summed E-state index contributed by atoms with van der Waals surface area (Å²) in [5.41, 5.74) is 6.15. The highest BCUT2D eigenvalue weighted by Gasteiger charge is 2.11. The minimum Gasteiger partial charge on any atom is -0.384 e. The van der Waals surface area contributed by atoms with E-state index >= 15 is 0 Å². The summed E-state index contributed by atoms with van der Waals surface area (Å²) >= 11 is 0. The van der Waals surface area contributed by atoms with Gasteiger partial charge in [-0.2, -0.15) is 0 Å². The van der Waals surface area contributed by atoms with Crippen molar-refractivity contribution < 1.29 is 0 Å². The van der Waals surface area contributed by atoms with Crippen LogP contribution in [0.3, 0.4) is 0 Å². The van der Waals surface area contributed by atoms with Gasteiger partial charge in [0.25, 0.3) is 0 Å². The van der Waals surface area contributed by atoms with Crippen LogP contribution in [0.2, 0.25) is 0 Å². The number of aryl methyl sites for hydroxylation is 2. The van der Waals surface area contributed by atoms with Gasteiger partial charge in [-0.25, -0.2) is 0 Å². The molecule has 0 saturated heterocycles. The van der Waals surface area contributed by atoms with E-state index in [1.54, 1.807) is 0 Å². The molecule has 2 nitrogen and oxygen atoms in total. The Bertz CT molecular complexity index is 559. The van der Waals surface area contributed by atoms with Crippen LogP contribution in [0.5, 0.6) is 0 Å². The van der Waals surface area contributed by atoms with Crippen LogP contribution in [-0.4, -0.2) is 11.5 Å². The van der Waals surface area contributed by atoms with Gasteiger partial charge in [-0.1, -0.05) is 32.0 Å². The molecule has 1 aromatic carbocycles. The number of hydrogen-bond donors (Lipinski definition) is 1. The molecular weight excluding hydrogens is 220 g/mol. The molecule has 1 heterocycles. The Labute approximate surface area is 109 Å². The second-order valence-electron chi connectivity index (χ2n) is 4.81. The summed E-state index contributed by atoms with van der Waals surface area (Å²) in [5, 5.41) is 4.82. The molecule has 0 aliphatic carbocycles. The molecule has 96 valence electrons. The largest absolute Gasteiger partial charge is 0.384 e. The van der Waals surface area contributed by atoms with E-state index < -0.39 is 0 Å². The van der Waals surface area contributed by atoms with Crippen LogP contribution in [0.4, 0.5) is 5.69 Å². The molecule has 0 aliphatic rings. The summed E-state index contributed by atoms with van der Waals surface area (Å²) in [4.78, 5) is 4.82. The molecule has 0 spiro atoms. The molecule has 2 rings (SSSR count). The lowest BCUT2D eigenvalue weighted by Crippen LogP contribution is -2.06. The summed E-state index contributed by atoms with van der Waals surface area (Å²) < 4.78 is 0. The first kappa shape index (κ1) is 12.9. The first-order valence-electron chi connectivity index (χ1n) is 6.81. The number of rotatable bonds is 4. The Morgan fingerprint density at radius 1 is 1.17 bits per heavy atom. The molecule has 0 unspecified atom stereocenters. The summed E-state index contributed by atoms with van der Waals surface area (Å²) in [7, 11) is 0. The maximum atomic E-state index is 4.82. The molecule has 1 N–H and O–H groups in total. The molecule has 0 saturated carbocycles. The van der Waals surface area contributed by atoms with E-state index in [4.69, 9.17) is 4.98 Å². The van der Waals surface area contributed by atoms with Gasteiger partial charge in [0.2, 0.25) is 0 Å². The number of nitrogens with one attached hydrogen (secondary N) is 1. The van der Waals surface area contributed by atoms with Gasteiger partial charge in [0.1, 0.15) is 0 Å². The van der Waals surface area contributed by atoms with Gasteiger partial charge in [0, 0.05) is 23.3 Å². The fraction of sp³-hybridized carbons (Fsp3) is 0.438. The molecule has 0 bridgehead atoms. The maximum Gasteiger partial charge on any atom is 0.0755 e. The minimum absolute atomic E-state index is 0.983. The quantitative estimate of drug-likeness (QED) is 0.867. The van der Waals surface area contributed by atoms with Crippen molar-refractivity contribution >= 4 is 16.6 Å². The average molecular weight is 242 g/mol. The molecular formula is C16H22N2. The third kappa shape index (κ3) is 2.20. The zero-order chi connectivity index (χ0) is 13.1. The number of aromatic nitrogens is 1. The maximum absolute atomic E-state index is 4.82. The number of hydrogen-bond acceptors (Lipinski definition) is 2. The standard InChI is InChI=1S/C16H22N2/c1-5-10-17-16-12(4)14(6-2)18-15-11(3)8-7-9-13(15)16/h7-9H,5-6,10H2,1-4H3,(H,17,18). The number of nitrogens with zero attached hydrogens (tertiary/aromatic N) is 1. The molecule has 2 aromatic rings. The third-order valence-electron chi connectivity index (χ3n) is 3.45. The molecule has 0 fully saturated rings. The smallest absolute Gasteiger partial charge is 0.0755 e. The molecule has 1 aromatic heterocycles. The van der Waals surface area contributed by atoms with Crippen molar-refractivity contribution in [3.63, 3.8) is 0 Å². The number of pyridine rings is 1. The highest BCUT2D eigenvalue weighted by molar-refractivity contribution is 5.95. The van der Waals surface area contributed by atoms with Gasteiger partial charge in [0.15, 0.2) is 0 Å². The first-order chi connectivity index (χ1) is 8.69. The summed E-state index contributed by atoms with van der Waals surface area (Å²) in [6, 6.07) is 6.41. The van der Waals surface area contributed by atoms with Gasteiger partial charge in [-0.3, -0.25) is 4.98 Å². The number of benzene rings is 1. The monoisotopic (exact) mass is 242 g/mol. The van der Waals surface area contributed by atoms with Crippen molar-refractivity contribution in [2.75, 3.05) is 11.9 Å². The van der Waals surface area contributed by atoms with E-state index in [9.17, 15) is 0 Å². The van der Waals surface area contributed by atoms with E-state index in [1.165, 1.54) is 27.9 Å². The Morgan fingerprint density at radius 2 is 1.94 bits per heavy atom. The highest BCUT2D eigenvalue weighted by Crippen LogP contribution is 2.29. The predicted octanol–water partition coefficient (Wildman–Crippen LogP) is 4.24. The Morgan fingerprint density at radius 3 is 2.61 bits per heavy atom. The van der Waals surface area contributed by atoms with Crippen molar-refractivity contribution in [1.82, 2.24) is 4.98 Å². The fourth-order valence-corrected chi connectivity index (χ4v) is 2.40. The van der Waals surface area contributed by atoms with Crippen LogP contribution < -0.4 is 5.32 Å². The normalized spacial score (nSPS) is 10.9. The van der Waals surface area contributed by atoms with E-state index in [2.05, 4.69) is 51.2 Å². The first-order valence-corrected chi connectivity index (χ1v) is 6.81. The van der Waals surface area contributed by atoms with Crippen molar-refractivity contribution in [1.29, 1.82) is 0 Å². The number of para-hydroxylation sites is 1. The SMILES string of the molecule is CCCNc1c(C)c(CC)nc2c(C)cccc12. The van der Waals surface area contributed by atoms with Gasteiger partial charge in [-0.15, -0.1) is 0 Å². The van der Waals surface area contributed by atoms with Gasteiger partial charge in [-0.05, 0) is 37.8 Å². The van der Waals surface area contributed by atoms with Crippen molar-refractivity contribution in [3.8, 4) is 0 Å². The van der Waals surface area contributed by atoms with Crippen LogP contribution in [0, 0.1) is 13.8 Å². The molecule has 18 heavy (non-hydrogen) atoms. The van der Waals surface area contributed by atoms with E-state index in [1.807, 2.05) is 0 Å². The van der Waals surface area contributed by atoms with Crippen LogP contribution in [-0.2, 0) is 6.42 Å². The second-order valence-corrected chi connectivity index (χ2v) is 4.81.